The fourth-order valence-corrected chi connectivity index (χ4v) is 0.632. The van der Waals surface area contributed by atoms with Gasteiger partial charge in [-0.1, -0.05) is 12.2 Å². The molecule has 0 amide bonds. The summed E-state index contributed by atoms with van der Waals surface area (Å²) in [6.45, 7) is 9.46. The van der Waals surface area contributed by atoms with Crippen molar-refractivity contribution in [2.24, 2.45) is 0 Å². The summed E-state index contributed by atoms with van der Waals surface area (Å²) in [6.07, 6.45) is 4.59. The van der Waals surface area contributed by atoms with Crippen molar-refractivity contribution in [1.82, 2.24) is 0 Å². The Hall–Kier alpha value is -0.340. The topological polar surface area (TPSA) is 18.5 Å². The zero-order valence-electron chi connectivity index (χ0n) is 8.54. The molecular formula is C10H20O2. The first-order valence-corrected chi connectivity index (χ1v) is 4.51. The van der Waals surface area contributed by atoms with Crippen molar-refractivity contribution < 1.29 is 9.47 Å². The third-order valence-corrected chi connectivity index (χ3v) is 1.22. The molecular weight excluding hydrogens is 152 g/mol. The Labute approximate surface area is 75.6 Å². The Kier molecular flexibility index (Phi) is 7.11. The maximum absolute atomic E-state index is 5.31. The molecule has 0 saturated carbocycles. The normalized spacial score (nSPS) is 12.2. The monoisotopic (exact) mass is 172 g/mol. The second kappa shape index (κ2) is 7.32. The van der Waals surface area contributed by atoms with E-state index in [9.17, 15) is 0 Å². The molecule has 0 heterocycles. The standard InChI is InChI=1S/C10H20O2/c1-9(2)11-7-5-6-8-12-10(3)4/h5-6,9-10H,7-8H2,1-4H3/b6-5-. The Balaban J connectivity index is 3.15. The lowest BCUT2D eigenvalue weighted by molar-refractivity contribution is 0.0952. The molecule has 2 nitrogen and oxygen atoms in total. The largest absolute Gasteiger partial charge is 0.375 e. The molecule has 0 rings (SSSR count). The van der Waals surface area contributed by atoms with Crippen molar-refractivity contribution in [3.8, 4) is 0 Å². The van der Waals surface area contributed by atoms with Crippen LogP contribution in [0.25, 0.3) is 0 Å². The van der Waals surface area contributed by atoms with Crippen LogP contribution in [0.3, 0.4) is 0 Å². The maximum Gasteiger partial charge on any atom is 0.0651 e. The van der Waals surface area contributed by atoms with Crippen LogP contribution in [0.2, 0.25) is 0 Å². The Morgan fingerprint density at radius 1 is 0.833 bits per heavy atom. The minimum absolute atomic E-state index is 0.306. The van der Waals surface area contributed by atoms with Crippen LogP contribution >= 0.6 is 0 Å². The van der Waals surface area contributed by atoms with Crippen molar-refractivity contribution in [2.45, 2.75) is 39.9 Å². The summed E-state index contributed by atoms with van der Waals surface area (Å²) in [5.41, 5.74) is 0. The van der Waals surface area contributed by atoms with E-state index in [0.29, 0.717) is 25.4 Å². The molecule has 2 heteroatoms. The maximum atomic E-state index is 5.31. The molecule has 0 aliphatic rings. The van der Waals surface area contributed by atoms with E-state index in [0.717, 1.165) is 0 Å². The van der Waals surface area contributed by atoms with Gasteiger partial charge in [0.2, 0.25) is 0 Å². The quantitative estimate of drug-likeness (QED) is 0.573. The van der Waals surface area contributed by atoms with Crippen LogP contribution < -0.4 is 0 Å². The SMILES string of the molecule is CC(C)OC/C=C\COC(C)C. The minimum atomic E-state index is 0.306. The smallest absolute Gasteiger partial charge is 0.0651 e. The van der Waals surface area contributed by atoms with Gasteiger partial charge < -0.3 is 9.47 Å². The molecule has 0 aromatic rings. The summed E-state index contributed by atoms with van der Waals surface area (Å²) in [7, 11) is 0. The zero-order chi connectivity index (χ0) is 9.40. The van der Waals surface area contributed by atoms with E-state index >= 15 is 0 Å². The van der Waals surface area contributed by atoms with Crippen LogP contribution in [-0.2, 0) is 9.47 Å². The summed E-state index contributed by atoms with van der Waals surface area (Å²) in [5, 5.41) is 0. The van der Waals surface area contributed by atoms with Gasteiger partial charge in [0.15, 0.2) is 0 Å². The first kappa shape index (κ1) is 11.7. The Bertz CT molecular complexity index is 103. The lowest BCUT2D eigenvalue weighted by Gasteiger charge is -2.04. The van der Waals surface area contributed by atoms with Gasteiger partial charge in [-0.15, -0.1) is 0 Å². The molecule has 72 valence electrons. The van der Waals surface area contributed by atoms with Crippen LogP contribution in [0.4, 0.5) is 0 Å². The van der Waals surface area contributed by atoms with Crippen molar-refractivity contribution in [3.63, 3.8) is 0 Å². The molecule has 0 atom stereocenters. The van der Waals surface area contributed by atoms with E-state index < -0.39 is 0 Å². The zero-order valence-corrected chi connectivity index (χ0v) is 8.54. The fraction of sp³-hybridized carbons (Fsp3) is 0.800. The van der Waals surface area contributed by atoms with Crippen LogP contribution in [0.15, 0.2) is 12.2 Å². The van der Waals surface area contributed by atoms with E-state index in [2.05, 4.69) is 0 Å². The van der Waals surface area contributed by atoms with Gasteiger partial charge in [0.05, 0.1) is 25.4 Å². The van der Waals surface area contributed by atoms with Crippen molar-refractivity contribution in [2.75, 3.05) is 13.2 Å². The second-order valence-corrected chi connectivity index (χ2v) is 3.24. The predicted molar refractivity (Wildman–Crippen MR) is 51.3 cm³/mol. The van der Waals surface area contributed by atoms with E-state index in [1.54, 1.807) is 0 Å². The molecule has 0 aliphatic carbocycles. The highest BCUT2D eigenvalue weighted by Crippen LogP contribution is 1.90. The molecule has 0 aromatic carbocycles. The molecule has 0 N–H and O–H groups in total. The highest BCUT2D eigenvalue weighted by Gasteiger charge is 1.89. The fourth-order valence-electron chi connectivity index (χ4n) is 0.632. The molecule has 0 aromatic heterocycles. The molecule has 0 fully saturated rings. The van der Waals surface area contributed by atoms with Crippen molar-refractivity contribution in [1.29, 1.82) is 0 Å². The average molecular weight is 172 g/mol. The van der Waals surface area contributed by atoms with Gasteiger partial charge in [0.25, 0.3) is 0 Å². The number of rotatable bonds is 6. The highest BCUT2D eigenvalue weighted by molar-refractivity contribution is 4.81. The minimum Gasteiger partial charge on any atom is -0.375 e. The van der Waals surface area contributed by atoms with Gasteiger partial charge in [0, 0.05) is 0 Å². The second-order valence-electron chi connectivity index (χ2n) is 3.24. The van der Waals surface area contributed by atoms with E-state index in [4.69, 9.17) is 9.47 Å². The van der Waals surface area contributed by atoms with Gasteiger partial charge in [-0.25, -0.2) is 0 Å². The molecule has 0 unspecified atom stereocenters. The third-order valence-electron chi connectivity index (χ3n) is 1.22. The van der Waals surface area contributed by atoms with E-state index in [1.165, 1.54) is 0 Å². The van der Waals surface area contributed by atoms with Crippen molar-refractivity contribution >= 4 is 0 Å². The summed E-state index contributed by atoms with van der Waals surface area (Å²) >= 11 is 0. The number of hydrogen-bond donors (Lipinski definition) is 0. The third kappa shape index (κ3) is 9.66. The molecule has 0 spiro atoms. The van der Waals surface area contributed by atoms with Gasteiger partial charge in [-0.2, -0.15) is 0 Å². The Morgan fingerprint density at radius 3 is 1.42 bits per heavy atom. The Morgan fingerprint density at radius 2 is 1.17 bits per heavy atom. The van der Waals surface area contributed by atoms with Crippen LogP contribution in [0.5, 0.6) is 0 Å². The van der Waals surface area contributed by atoms with Crippen LogP contribution in [-0.4, -0.2) is 25.4 Å². The predicted octanol–water partition coefficient (Wildman–Crippen LogP) is 2.39. The molecule has 0 bridgehead atoms. The molecule has 12 heavy (non-hydrogen) atoms. The lowest BCUT2D eigenvalue weighted by Crippen LogP contribution is -2.03. The highest BCUT2D eigenvalue weighted by atomic mass is 16.5. The van der Waals surface area contributed by atoms with Crippen LogP contribution in [0.1, 0.15) is 27.7 Å². The van der Waals surface area contributed by atoms with E-state index in [-0.39, 0.29) is 0 Å². The van der Waals surface area contributed by atoms with Gasteiger partial charge in [-0.05, 0) is 27.7 Å². The van der Waals surface area contributed by atoms with Gasteiger partial charge in [-0.3, -0.25) is 0 Å². The first-order chi connectivity index (χ1) is 5.63. The molecule has 0 aliphatic heterocycles. The summed E-state index contributed by atoms with van der Waals surface area (Å²) in [6, 6.07) is 0. The van der Waals surface area contributed by atoms with E-state index in [1.807, 2.05) is 39.8 Å². The average Bonchev–Trinajstić information content (AvgIpc) is 1.95. The number of ether oxygens (including phenoxy) is 2. The molecule has 0 radical (unpaired) electrons. The first-order valence-electron chi connectivity index (χ1n) is 4.51. The summed E-state index contributed by atoms with van der Waals surface area (Å²) in [5.74, 6) is 0. The van der Waals surface area contributed by atoms with Gasteiger partial charge in [0.1, 0.15) is 0 Å². The summed E-state index contributed by atoms with van der Waals surface area (Å²) < 4.78 is 10.6. The lowest BCUT2D eigenvalue weighted by atomic mass is 10.4. The van der Waals surface area contributed by atoms with Crippen LogP contribution in [0, 0.1) is 0 Å². The summed E-state index contributed by atoms with van der Waals surface area (Å²) in [4.78, 5) is 0. The molecule has 0 saturated heterocycles. The van der Waals surface area contributed by atoms with Crippen molar-refractivity contribution in [3.05, 3.63) is 12.2 Å². The van der Waals surface area contributed by atoms with Gasteiger partial charge >= 0.3 is 0 Å². The number of hydrogen-bond acceptors (Lipinski definition) is 2.